The molecule has 0 saturated carbocycles. The van der Waals surface area contributed by atoms with Crippen molar-refractivity contribution < 1.29 is 32.9 Å². The average molecular weight is 138 g/mol. The van der Waals surface area contributed by atoms with E-state index < -0.39 is 10.4 Å². The van der Waals surface area contributed by atoms with Crippen molar-refractivity contribution in [2.45, 2.75) is 4.38 Å². The summed E-state index contributed by atoms with van der Waals surface area (Å²) in [7, 11) is 0. The van der Waals surface area contributed by atoms with Gasteiger partial charge in [-0.25, -0.2) is 0 Å². The molecule has 0 aliphatic carbocycles. The van der Waals surface area contributed by atoms with Gasteiger partial charge in [-0.3, -0.25) is 0 Å². The zero-order valence-corrected chi connectivity index (χ0v) is 5.94. The van der Waals surface area contributed by atoms with Crippen molar-refractivity contribution in [3.8, 4) is 0 Å². The Bertz CT molecular complexity index is 97.0. The molecule has 0 spiro atoms. The Balaban J connectivity index is 2.63. The molecule has 0 aromatic rings. The fraction of sp³-hybridized carbons (Fsp3) is 0.500. The van der Waals surface area contributed by atoms with Crippen LogP contribution in [-0.2, 0) is 27.8 Å². The van der Waals surface area contributed by atoms with Gasteiger partial charge < -0.3 is 0 Å². The van der Waals surface area contributed by atoms with E-state index in [0.29, 0.717) is 18.3 Å². The maximum atomic E-state index is 9.77. The van der Waals surface area contributed by atoms with Gasteiger partial charge in [-0.2, -0.15) is 0 Å². The molecule has 1 saturated heterocycles. The molecule has 6 heavy (non-hydrogen) atoms. The van der Waals surface area contributed by atoms with E-state index >= 15 is 0 Å². The predicted molar refractivity (Wildman–Crippen MR) is 11.0 cm³/mol. The molecule has 0 bridgehead atoms. The molecule has 3 nitrogen and oxygen atoms in total. The summed E-state index contributed by atoms with van der Waals surface area (Å²) in [4.78, 5) is 9.77. The first-order chi connectivity index (χ1) is 2.63. The topological polar surface area (TPSA) is 49.8 Å². The molecule has 1 heterocycles. The molecule has 1 unspecified atom stereocenters. The zero-order chi connectivity index (χ0) is 4.78. The van der Waals surface area contributed by atoms with E-state index in [-0.39, 0.29) is 0 Å². The molecule has 1 rings (SSSR count). The summed E-state index contributed by atoms with van der Waals surface area (Å²) in [6.45, 7) is 0. The van der Waals surface area contributed by atoms with Crippen molar-refractivity contribution in [2.24, 2.45) is 0 Å². The van der Waals surface area contributed by atoms with Crippen LogP contribution >= 0.6 is 0 Å². The van der Waals surface area contributed by atoms with Crippen LogP contribution < -0.4 is 0 Å². The number of hydrogen-bond acceptors (Lipinski definition) is 3. The molecule has 4 heteroatoms. The van der Waals surface area contributed by atoms with Gasteiger partial charge in [0.2, 0.25) is 0 Å². The second-order valence-corrected chi connectivity index (χ2v) is 3.18. The Morgan fingerprint density at radius 1 is 2.00 bits per heavy atom. The summed E-state index contributed by atoms with van der Waals surface area (Å²) >= 11 is 0.478. The third kappa shape index (κ3) is 0.461. The van der Waals surface area contributed by atoms with Gasteiger partial charge in [-0.15, -0.1) is 0 Å². The standard InChI is InChI=1S/C2HO3.Zn/c3-1-2(4)5-1;/h3H;. The van der Waals surface area contributed by atoms with Gasteiger partial charge >= 0.3 is 43.3 Å². The van der Waals surface area contributed by atoms with Crippen molar-refractivity contribution >= 4 is 5.97 Å². The van der Waals surface area contributed by atoms with Crippen molar-refractivity contribution in [1.29, 1.82) is 0 Å². The minimum absolute atomic E-state index is 0.478. The quantitative estimate of drug-likeness (QED) is 0.336. The fourth-order valence-corrected chi connectivity index (χ4v) is 0.403. The molecule has 29 valence electrons. The summed E-state index contributed by atoms with van der Waals surface area (Å²) in [6.07, 6.45) is 0. The molecule has 0 radical (unpaired) electrons. The van der Waals surface area contributed by atoms with E-state index in [1.54, 1.807) is 0 Å². The van der Waals surface area contributed by atoms with E-state index in [1.807, 2.05) is 0 Å². The number of ether oxygens (including phenoxy) is 1. The van der Waals surface area contributed by atoms with Crippen LogP contribution in [0.5, 0.6) is 0 Å². The Morgan fingerprint density at radius 3 is 2.17 bits per heavy atom. The van der Waals surface area contributed by atoms with Crippen LogP contribution in [-0.4, -0.2) is 15.5 Å². The second kappa shape index (κ2) is 0.821. The van der Waals surface area contributed by atoms with E-state index in [0.717, 1.165) is 0 Å². The predicted octanol–water partition coefficient (Wildman–Crippen LogP) is -1.26. The average Bonchev–Trinajstić information content (AvgIpc) is 1.73. The molecule has 1 fully saturated rings. The summed E-state index contributed by atoms with van der Waals surface area (Å²) in [5, 5.41) is 8.38. The van der Waals surface area contributed by atoms with Crippen LogP contribution in [0.3, 0.4) is 0 Å². The van der Waals surface area contributed by atoms with Crippen LogP contribution in [0.1, 0.15) is 0 Å². The van der Waals surface area contributed by atoms with Crippen molar-refractivity contribution in [3.63, 3.8) is 0 Å². The van der Waals surface area contributed by atoms with Gasteiger partial charge in [0.25, 0.3) is 0 Å². The van der Waals surface area contributed by atoms with Crippen LogP contribution in [0.2, 0.25) is 0 Å². The SMILES string of the molecule is O=C1O[C]1(O)[Zn]. The van der Waals surface area contributed by atoms with Crippen LogP contribution in [0, 0.1) is 0 Å². The second-order valence-electron chi connectivity index (χ2n) is 1.17. The van der Waals surface area contributed by atoms with E-state index in [1.165, 1.54) is 0 Å². The molecule has 0 amide bonds. The van der Waals surface area contributed by atoms with E-state index in [9.17, 15) is 4.79 Å². The van der Waals surface area contributed by atoms with Crippen molar-refractivity contribution in [3.05, 3.63) is 0 Å². The van der Waals surface area contributed by atoms with Gasteiger partial charge in [0.05, 0.1) is 0 Å². The van der Waals surface area contributed by atoms with Crippen molar-refractivity contribution in [1.82, 2.24) is 0 Å². The number of cyclic esters (lactones) is 1. The summed E-state index contributed by atoms with van der Waals surface area (Å²) < 4.78 is 2.77. The summed E-state index contributed by atoms with van der Waals surface area (Å²) in [5.74, 6) is -0.484. The normalized spacial score (nSPS) is 42.2. The van der Waals surface area contributed by atoms with Gasteiger partial charge in [0.15, 0.2) is 0 Å². The van der Waals surface area contributed by atoms with Crippen LogP contribution in [0.4, 0.5) is 0 Å². The molecule has 1 aliphatic heterocycles. The Labute approximate surface area is 44.0 Å². The third-order valence-corrected chi connectivity index (χ3v) is 1.45. The van der Waals surface area contributed by atoms with Gasteiger partial charge in [0.1, 0.15) is 0 Å². The number of epoxide rings is 1. The molecule has 1 atom stereocenters. The van der Waals surface area contributed by atoms with Gasteiger partial charge in [-0.1, -0.05) is 0 Å². The monoisotopic (exact) mass is 137 g/mol. The number of carbonyl (C=O) groups excluding carboxylic acids is 1. The third-order valence-electron chi connectivity index (χ3n) is 0.539. The number of hydrogen-bond donors (Lipinski definition) is 1. The van der Waals surface area contributed by atoms with Crippen LogP contribution in [0.15, 0.2) is 0 Å². The Morgan fingerprint density at radius 2 is 2.17 bits per heavy atom. The Kier molecular flexibility index (Phi) is 0.578. The number of rotatable bonds is 0. The first-order valence-corrected chi connectivity index (χ1v) is 2.92. The van der Waals surface area contributed by atoms with Gasteiger partial charge in [0, 0.05) is 0 Å². The molecule has 1 N–H and O–H groups in total. The minimum atomic E-state index is -1.31. The van der Waals surface area contributed by atoms with Crippen LogP contribution in [0.25, 0.3) is 0 Å². The first-order valence-electron chi connectivity index (χ1n) is 1.44. The molecule has 1 aliphatic rings. The number of aliphatic hydroxyl groups is 1. The molecule has 0 aromatic heterocycles. The molecular formula is C2HO3Zn. The van der Waals surface area contributed by atoms with Crippen molar-refractivity contribution in [2.75, 3.05) is 0 Å². The fourth-order valence-electron chi connectivity index (χ4n) is 0.128. The first kappa shape index (κ1) is 4.22. The Hall–Kier alpha value is 0.0534. The maximum absolute atomic E-state index is 9.77. The molecule has 0 aromatic carbocycles. The zero-order valence-electron chi connectivity index (χ0n) is 2.97. The summed E-state index contributed by atoms with van der Waals surface area (Å²) in [5.41, 5.74) is 0. The summed E-state index contributed by atoms with van der Waals surface area (Å²) in [6, 6.07) is 0. The number of carbonyl (C=O) groups is 1. The van der Waals surface area contributed by atoms with Gasteiger partial charge in [-0.05, 0) is 0 Å². The molecular weight excluding hydrogens is 137 g/mol. The van der Waals surface area contributed by atoms with E-state index in [4.69, 9.17) is 5.11 Å². The van der Waals surface area contributed by atoms with E-state index in [2.05, 4.69) is 4.74 Å².